The fraction of sp³-hybridized carbons (Fsp3) is 0.125. The van der Waals surface area contributed by atoms with Crippen LogP contribution in [0, 0.1) is 6.92 Å². The van der Waals surface area contributed by atoms with Gasteiger partial charge < -0.3 is 20.5 Å². The third-order valence-electron chi connectivity index (χ3n) is 8.03. The molecule has 0 radical (unpaired) electrons. The number of hydrogen-bond acceptors (Lipinski definition) is 4. The second-order valence-corrected chi connectivity index (χ2v) is 12.9. The highest BCUT2D eigenvalue weighted by molar-refractivity contribution is 8.00. The molecule has 0 aliphatic rings. The summed E-state index contributed by atoms with van der Waals surface area (Å²) in [6, 6.07) is 38.1. The topological polar surface area (TPSA) is 92.2 Å². The summed E-state index contributed by atoms with van der Waals surface area (Å²) in [5, 5.41) is 10.7. The van der Waals surface area contributed by atoms with Gasteiger partial charge in [-0.05, 0) is 93.1 Å². The zero-order valence-electron chi connectivity index (χ0n) is 27.0. The summed E-state index contributed by atoms with van der Waals surface area (Å²) in [5.74, 6) is -0.930. The number of nitrogens with zero attached hydrogens (tertiary/aromatic N) is 1. The first-order valence-corrected chi connectivity index (χ1v) is 16.7. The van der Waals surface area contributed by atoms with Crippen LogP contribution in [0.4, 0.5) is 11.4 Å². The fourth-order valence-electron chi connectivity index (χ4n) is 5.66. The Morgan fingerprint density at radius 2 is 1.46 bits per heavy atom. The fourth-order valence-corrected chi connectivity index (χ4v) is 6.53. The molecule has 6 aromatic rings. The number of amides is 3. The van der Waals surface area contributed by atoms with Crippen LogP contribution in [0.25, 0.3) is 27.9 Å². The van der Waals surface area contributed by atoms with Gasteiger partial charge in [0.1, 0.15) is 5.70 Å². The monoisotopic (exact) mass is 652 g/mol. The Morgan fingerprint density at radius 1 is 0.750 bits per heavy atom. The number of anilines is 2. The van der Waals surface area contributed by atoms with Gasteiger partial charge in [0.25, 0.3) is 11.8 Å². The highest BCUT2D eigenvalue weighted by Crippen LogP contribution is 2.32. The summed E-state index contributed by atoms with van der Waals surface area (Å²) >= 11 is 1.43. The molecule has 1 unspecified atom stereocenters. The Kier molecular flexibility index (Phi) is 9.73. The SMILES string of the molecule is CCn1c2ccccc2c2cc(NC(=O)C(C)Sc3ccc(NC(=O)/C(=C/c4cccc(C)c4)NC(=O)c4ccccc4)cc3)ccc21. The molecule has 0 fully saturated rings. The Morgan fingerprint density at radius 3 is 2.21 bits per heavy atom. The van der Waals surface area contributed by atoms with Gasteiger partial charge in [-0.2, -0.15) is 0 Å². The zero-order valence-corrected chi connectivity index (χ0v) is 27.8. The number of thioether (sulfide) groups is 1. The molecule has 3 amide bonds. The lowest BCUT2D eigenvalue weighted by Crippen LogP contribution is -2.30. The lowest BCUT2D eigenvalue weighted by atomic mass is 10.1. The van der Waals surface area contributed by atoms with Gasteiger partial charge in [0.2, 0.25) is 5.91 Å². The van der Waals surface area contributed by atoms with E-state index in [1.807, 2.05) is 80.6 Å². The highest BCUT2D eigenvalue weighted by Gasteiger charge is 2.18. The smallest absolute Gasteiger partial charge is 0.272 e. The molecular formula is C40H36N4O3S. The van der Waals surface area contributed by atoms with Gasteiger partial charge in [-0.3, -0.25) is 14.4 Å². The van der Waals surface area contributed by atoms with Crippen LogP contribution in [0.2, 0.25) is 0 Å². The summed E-state index contributed by atoms with van der Waals surface area (Å²) < 4.78 is 2.28. The van der Waals surface area contributed by atoms with Crippen molar-refractivity contribution in [2.24, 2.45) is 0 Å². The van der Waals surface area contributed by atoms with Crippen molar-refractivity contribution in [1.82, 2.24) is 9.88 Å². The average molecular weight is 653 g/mol. The molecule has 0 spiro atoms. The number of carbonyl (C=O) groups is 3. The van der Waals surface area contributed by atoms with Gasteiger partial charge in [0.15, 0.2) is 0 Å². The number of fused-ring (bicyclic) bond motifs is 3. The van der Waals surface area contributed by atoms with Crippen LogP contribution >= 0.6 is 11.8 Å². The van der Waals surface area contributed by atoms with Crippen molar-refractivity contribution < 1.29 is 14.4 Å². The Labute approximate surface area is 284 Å². The van der Waals surface area contributed by atoms with Crippen molar-refractivity contribution >= 4 is 68.7 Å². The number of para-hydroxylation sites is 1. The maximum Gasteiger partial charge on any atom is 0.272 e. The second-order valence-electron chi connectivity index (χ2n) is 11.5. The zero-order chi connectivity index (χ0) is 33.6. The van der Waals surface area contributed by atoms with E-state index in [1.54, 1.807) is 42.5 Å². The summed E-state index contributed by atoms with van der Waals surface area (Å²) in [6.45, 7) is 6.83. The third-order valence-corrected chi connectivity index (χ3v) is 9.14. The summed E-state index contributed by atoms with van der Waals surface area (Å²) in [6.07, 6.45) is 1.66. The molecule has 5 aromatic carbocycles. The first-order chi connectivity index (χ1) is 23.3. The molecule has 7 nitrogen and oxygen atoms in total. The Bertz CT molecular complexity index is 2150. The number of benzene rings is 5. The van der Waals surface area contributed by atoms with E-state index in [0.29, 0.717) is 11.3 Å². The van der Waals surface area contributed by atoms with Crippen molar-refractivity contribution in [2.75, 3.05) is 10.6 Å². The molecule has 0 saturated heterocycles. The molecule has 6 rings (SSSR count). The lowest BCUT2D eigenvalue weighted by Gasteiger charge is -2.14. The van der Waals surface area contributed by atoms with Crippen LogP contribution in [0.1, 0.15) is 35.3 Å². The van der Waals surface area contributed by atoms with E-state index in [2.05, 4.69) is 45.6 Å². The van der Waals surface area contributed by atoms with Crippen LogP contribution in [-0.4, -0.2) is 27.5 Å². The van der Waals surface area contributed by atoms with Gasteiger partial charge in [-0.15, -0.1) is 11.8 Å². The molecular weight excluding hydrogens is 617 g/mol. The Balaban J connectivity index is 1.11. The molecule has 1 aromatic heterocycles. The van der Waals surface area contributed by atoms with Crippen molar-refractivity contribution in [3.05, 3.63) is 144 Å². The first-order valence-electron chi connectivity index (χ1n) is 15.8. The van der Waals surface area contributed by atoms with Gasteiger partial charge >= 0.3 is 0 Å². The minimum atomic E-state index is -0.451. The maximum absolute atomic E-state index is 13.4. The molecule has 0 saturated carbocycles. The van der Waals surface area contributed by atoms with E-state index in [4.69, 9.17) is 0 Å². The number of carbonyl (C=O) groups excluding carboxylic acids is 3. The van der Waals surface area contributed by atoms with Crippen molar-refractivity contribution in [2.45, 2.75) is 37.5 Å². The predicted molar refractivity (Wildman–Crippen MR) is 197 cm³/mol. The van der Waals surface area contributed by atoms with E-state index in [-0.39, 0.29) is 22.8 Å². The molecule has 1 atom stereocenters. The molecule has 3 N–H and O–H groups in total. The minimum Gasteiger partial charge on any atom is -0.341 e. The molecule has 240 valence electrons. The number of aryl methyl sites for hydroxylation is 2. The van der Waals surface area contributed by atoms with Crippen molar-refractivity contribution in [1.29, 1.82) is 0 Å². The normalized spacial score (nSPS) is 12.1. The highest BCUT2D eigenvalue weighted by atomic mass is 32.2. The molecule has 0 bridgehead atoms. The van der Waals surface area contributed by atoms with Gasteiger partial charge in [0, 0.05) is 50.2 Å². The third kappa shape index (κ3) is 7.35. The van der Waals surface area contributed by atoms with Crippen LogP contribution in [-0.2, 0) is 16.1 Å². The summed E-state index contributed by atoms with van der Waals surface area (Å²) in [7, 11) is 0. The average Bonchev–Trinajstić information content (AvgIpc) is 3.42. The van der Waals surface area contributed by atoms with E-state index >= 15 is 0 Å². The molecule has 1 heterocycles. The standard InChI is InChI=1S/C40H36N4O3S/c1-4-44-36-16-9-8-15-33(36)34-25-31(19-22-37(34)44)42-38(45)27(3)48-32-20-17-30(18-21-32)41-40(47)35(24-28-12-10-11-26(2)23-28)43-39(46)29-13-6-5-7-14-29/h5-25,27H,4H2,1-3H3,(H,41,47)(H,42,45)(H,43,46)/b35-24-. The van der Waals surface area contributed by atoms with Gasteiger partial charge in [0.05, 0.1) is 5.25 Å². The second kappa shape index (κ2) is 14.4. The number of aromatic nitrogens is 1. The minimum absolute atomic E-state index is 0.101. The van der Waals surface area contributed by atoms with Crippen molar-refractivity contribution in [3.63, 3.8) is 0 Å². The van der Waals surface area contributed by atoms with Crippen LogP contribution in [0.3, 0.4) is 0 Å². The van der Waals surface area contributed by atoms with E-state index in [0.717, 1.165) is 44.5 Å². The summed E-state index contributed by atoms with van der Waals surface area (Å²) in [5.41, 5.74) is 6.03. The van der Waals surface area contributed by atoms with Gasteiger partial charge in [-0.1, -0.05) is 66.2 Å². The maximum atomic E-state index is 13.4. The predicted octanol–water partition coefficient (Wildman–Crippen LogP) is 8.65. The quantitative estimate of drug-likeness (QED) is 0.102. The largest absolute Gasteiger partial charge is 0.341 e. The first kappa shape index (κ1) is 32.3. The van der Waals surface area contributed by atoms with Crippen LogP contribution < -0.4 is 16.0 Å². The van der Waals surface area contributed by atoms with Gasteiger partial charge in [-0.25, -0.2) is 0 Å². The molecule has 48 heavy (non-hydrogen) atoms. The van der Waals surface area contributed by atoms with Crippen molar-refractivity contribution in [3.8, 4) is 0 Å². The molecule has 0 aliphatic heterocycles. The number of hydrogen-bond donors (Lipinski definition) is 3. The Hall–Kier alpha value is -5.60. The van der Waals surface area contributed by atoms with E-state index in [1.165, 1.54) is 17.3 Å². The van der Waals surface area contributed by atoms with Crippen LogP contribution in [0.5, 0.6) is 0 Å². The van der Waals surface area contributed by atoms with E-state index in [9.17, 15) is 14.4 Å². The number of rotatable bonds is 10. The molecule has 8 heteroatoms. The summed E-state index contributed by atoms with van der Waals surface area (Å²) in [4.78, 5) is 40.4. The lowest BCUT2D eigenvalue weighted by molar-refractivity contribution is -0.115. The van der Waals surface area contributed by atoms with Crippen LogP contribution in [0.15, 0.2) is 132 Å². The number of nitrogens with one attached hydrogen (secondary N) is 3. The molecule has 0 aliphatic carbocycles. The van der Waals surface area contributed by atoms with E-state index < -0.39 is 5.91 Å².